The Kier molecular flexibility index (Phi) is 11.4. The predicted molar refractivity (Wildman–Crippen MR) is 164 cm³/mol. The number of aliphatic hydroxyl groups excluding tert-OH is 1. The van der Waals surface area contributed by atoms with Gasteiger partial charge in [-0.3, -0.25) is 14.4 Å². The van der Waals surface area contributed by atoms with Gasteiger partial charge in [-0.1, -0.05) is 59.8 Å². The maximum atomic E-state index is 12.6. The zero-order chi connectivity index (χ0) is 30.5. The Morgan fingerprint density at radius 2 is 1.67 bits per heavy atom. The molecule has 4 aliphatic carbocycles. The van der Waals surface area contributed by atoms with Gasteiger partial charge in [0.1, 0.15) is 12.6 Å². The summed E-state index contributed by atoms with van der Waals surface area (Å²) < 4.78 is 6.02. The second-order valence-electron chi connectivity index (χ2n) is 15.0. The molecule has 0 aliphatic heterocycles. The molecule has 0 bridgehead atoms. The summed E-state index contributed by atoms with van der Waals surface area (Å²) in [5.74, 6) is 1.63. The van der Waals surface area contributed by atoms with Crippen LogP contribution in [0.25, 0.3) is 0 Å². The second kappa shape index (κ2) is 14.4. The third-order valence-corrected chi connectivity index (χ3v) is 12.8. The maximum Gasteiger partial charge on any atom is 0.322 e. The van der Waals surface area contributed by atoms with Crippen LogP contribution in [0, 0.1) is 46.3 Å². The lowest BCUT2D eigenvalue weighted by atomic mass is 9.43. The van der Waals surface area contributed by atoms with Gasteiger partial charge in [0.25, 0.3) is 0 Å². The Balaban J connectivity index is 1.31. The number of esters is 1. The number of fused-ring (bicyclic) bond motifs is 5. The van der Waals surface area contributed by atoms with E-state index in [-0.39, 0.29) is 41.5 Å². The molecule has 4 aliphatic rings. The number of amides is 1. The zero-order valence-corrected chi connectivity index (χ0v) is 26.9. The van der Waals surface area contributed by atoms with Crippen LogP contribution in [-0.2, 0) is 19.1 Å². The van der Waals surface area contributed by atoms with Gasteiger partial charge in [-0.15, -0.1) is 0 Å². The van der Waals surface area contributed by atoms with Crippen LogP contribution in [-0.4, -0.2) is 46.8 Å². The van der Waals surface area contributed by atoms with Crippen molar-refractivity contribution in [1.29, 1.82) is 0 Å². The van der Waals surface area contributed by atoms with E-state index >= 15 is 0 Å². The lowest BCUT2D eigenvalue weighted by Gasteiger charge is -2.62. The summed E-state index contributed by atoms with van der Waals surface area (Å²) in [5.41, 5.74) is 0.0595. The van der Waals surface area contributed by atoms with Gasteiger partial charge < -0.3 is 20.3 Å². The first-order valence-corrected chi connectivity index (χ1v) is 17.4. The molecule has 4 saturated carbocycles. The zero-order valence-electron chi connectivity index (χ0n) is 26.9. The normalized spacial score (nSPS) is 38.1. The molecule has 0 aromatic carbocycles. The van der Waals surface area contributed by atoms with Crippen molar-refractivity contribution in [3.05, 3.63) is 0 Å². The maximum absolute atomic E-state index is 12.6. The topological polar surface area (TPSA) is 113 Å². The summed E-state index contributed by atoms with van der Waals surface area (Å²) in [5, 5.41) is 23.1. The van der Waals surface area contributed by atoms with E-state index in [2.05, 4.69) is 33.0 Å². The number of carboxylic acids is 1. The molecule has 4 rings (SSSR count). The Bertz CT molecular complexity index is 938. The standard InChI is InChI=1S/C35H59NO6/c1-5-6-7-8-9-10-11-33(41)42-25-18-19-34(3)24(20-25)13-14-26-28-16-15-27(35(28,4)30(37)21-29(26)34)23(2)12-17-31(38)36-22-32(39)40/h23-30,37H,5-22H2,1-4H3,(H,36,38)(H,39,40). The number of ether oxygens (including phenoxy) is 1. The first-order chi connectivity index (χ1) is 20.0. The monoisotopic (exact) mass is 589 g/mol. The highest BCUT2D eigenvalue weighted by molar-refractivity contribution is 5.81. The number of aliphatic carboxylic acids is 1. The minimum atomic E-state index is -1.02. The highest BCUT2D eigenvalue weighted by Crippen LogP contribution is 2.68. The lowest BCUT2D eigenvalue weighted by molar-refractivity contribution is -0.181. The van der Waals surface area contributed by atoms with Crippen LogP contribution in [0.3, 0.4) is 0 Å². The van der Waals surface area contributed by atoms with Gasteiger partial charge in [-0.05, 0) is 111 Å². The molecule has 1 amide bonds. The molecule has 10 atom stereocenters. The Labute approximate surface area is 254 Å². The number of nitrogens with one attached hydrogen (secondary N) is 1. The molecule has 0 heterocycles. The van der Waals surface area contributed by atoms with Crippen molar-refractivity contribution in [3.8, 4) is 0 Å². The van der Waals surface area contributed by atoms with Gasteiger partial charge in [-0.2, -0.15) is 0 Å². The van der Waals surface area contributed by atoms with Crippen molar-refractivity contribution in [2.24, 2.45) is 46.3 Å². The Hall–Kier alpha value is -1.63. The highest BCUT2D eigenvalue weighted by atomic mass is 16.5. The number of hydrogen-bond donors (Lipinski definition) is 3. The molecule has 0 aromatic heterocycles. The van der Waals surface area contributed by atoms with Crippen molar-refractivity contribution < 1.29 is 29.3 Å². The fourth-order valence-electron chi connectivity index (χ4n) is 10.4. The van der Waals surface area contributed by atoms with E-state index in [1.807, 2.05) is 0 Å². The molecule has 240 valence electrons. The molecular weight excluding hydrogens is 530 g/mol. The smallest absolute Gasteiger partial charge is 0.322 e. The van der Waals surface area contributed by atoms with Gasteiger partial charge in [0, 0.05) is 12.8 Å². The Morgan fingerprint density at radius 3 is 2.40 bits per heavy atom. The largest absolute Gasteiger partial charge is 0.480 e. The molecule has 0 radical (unpaired) electrons. The number of aliphatic hydroxyl groups is 1. The van der Waals surface area contributed by atoms with Crippen molar-refractivity contribution in [3.63, 3.8) is 0 Å². The van der Waals surface area contributed by atoms with Gasteiger partial charge in [0.15, 0.2) is 0 Å². The van der Waals surface area contributed by atoms with E-state index in [1.165, 1.54) is 38.5 Å². The van der Waals surface area contributed by atoms with Crippen LogP contribution in [0.4, 0.5) is 0 Å². The number of rotatable bonds is 14. The quantitative estimate of drug-likeness (QED) is 0.150. The summed E-state index contributed by atoms with van der Waals surface area (Å²) in [7, 11) is 0. The molecule has 7 nitrogen and oxygen atoms in total. The van der Waals surface area contributed by atoms with E-state index in [0.717, 1.165) is 57.8 Å². The fraction of sp³-hybridized carbons (Fsp3) is 0.914. The molecule has 7 heteroatoms. The number of carbonyl (C=O) groups is 3. The van der Waals surface area contributed by atoms with Crippen molar-refractivity contribution in [1.82, 2.24) is 5.32 Å². The third-order valence-electron chi connectivity index (χ3n) is 12.8. The number of hydrogen-bond acceptors (Lipinski definition) is 5. The van der Waals surface area contributed by atoms with E-state index in [1.54, 1.807) is 0 Å². The van der Waals surface area contributed by atoms with Crippen molar-refractivity contribution in [2.75, 3.05) is 6.54 Å². The van der Waals surface area contributed by atoms with E-state index in [4.69, 9.17) is 9.84 Å². The number of carbonyl (C=O) groups excluding carboxylic acids is 2. The van der Waals surface area contributed by atoms with E-state index < -0.39 is 5.97 Å². The molecule has 0 spiro atoms. The van der Waals surface area contributed by atoms with Crippen LogP contribution >= 0.6 is 0 Å². The van der Waals surface area contributed by atoms with Gasteiger partial charge in [0.2, 0.25) is 5.91 Å². The van der Waals surface area contributed by atoms with Crippen LogP contribution < -0.4 is 5.32 Å². The summed E-state index contributed by atoms with van der Waals surface area (Å²) in [6.07, 6.45) is 16.9. The van der Waals surface area contributed by atoms with Crippen LogP contribution in [0.2, 0.25) is 0 Å². The first-order valence-electron chi connectivity index (χ1n) is 17.4. The molecule has 4 fully saturated rings. The van der Waals surface area contributed by atoms with Gasteiger partial charge in [-0.25, -0.2) is 0 Å². The summed E-state index contributed by atoms with van der Waals surface area (Å²) in [6, 6.07) is 0. The molecule has 0 aromatic rings. The third kappa shape index (κ3) is 7.18. The molecule has 10 unspecified atom stereocenters. The highest BCUT2D eigenvalue weighted by Gasteiger charge is 2.63. The summed E-state index contributed by atoms with van der Waals surface area (Å²) in [6.45, 7) is 8.91. The summed E-state index contributed by atoms with van der Waals surface area (Å²) in [4.78, 5) is 35.5. The van der Waals surface area contributed by atoms with Crippen molar-refractivity contribution in [2.45, 2.75) is 149 Å². The fourth-order valence-corrected chi connectivity index (χ4v) is 10.4. The molecular formula is C35H59NO6. The second-order valence-corrected chi connectivity index (χ2v) is 15.0. The van der Waals surface area contributed by atoms with Crippen molar-refractivity contribution >= 4 is 17.8 Å². The molecule has 42 heavy (non-hydrogen) atoms. The van der Waals surface area contributed by atoms with Gasteiger partial charge in [0.05, 0.1) is 6.10 Å². The lowest BCUT2D eigenvalue weighted by Crippen LogP contribution is -2.59. The SMILES string of the molecule is CCCCCCCCC(=O)OC1CCC2(C)C(CCC3C2CC(O)C2(C)C(C(C)CCC(=O)NCC(=O)O)CCC32)C1. The van der Waals surface area contributed by atoms with Crippen LogP contribution in [0.15, 0.2) is 0 Å². The van der Waals surface area contributed by atoms with E-state index in [0.29, 0.717) is 48.3 Å². The average molecular weight is 590 g/mol. The van der Waals surface area contributed by atoms with Crippen LogP contribution in [0.1, 0.15) is 137 Å². The molecule has 3 N–H and O–H groups in total. The number of carboxylic acid groups (broad SMARTS) is 1. The number of unbranched alkanes of at least 4 members (excludes halogenated alkanes) is 5. The minimum Gasteiger partial charge on any atom is -0.480 e. The minimum absolute atomic E-state index is 0.0119. The predicted octanol–water partition coefficient (Wildman–Crippen LogP) is 6.90. The van der Waals surface area contributed by atoms with Crippen LogP contribution in [0.5, 0.6) is 0 Å². The van der Waals surface area contributed by atoms with Gasteiger partial charge >= 0.3 is 11.9 Å². The summed E-state index contributed by atoms with van der Waals surface area (Å²) >= 11 is 0. The Morgan fingerprint density at radius 1 is 0.929 bits per heavy atom. The first kappa shape index (κ1) is 33.3. The average Bonchev–Trinajstić information content (AvgIpc) is 3.32. The van der Waals surface area contributed by atoms with E-state index in [9.17, 15) is 19.5 Å². The molecule has 0 saturated heterocycles.